The molecule has 1 aromatic heterocycles. The lowest BCUT2D eigenvalue weighted by Gasteiger charge is -2.36. The largest absolute Gasteiger partial charge is 0.382 e. The number of aromatic nitrogens is 2. The van der Waals surface area contributed by atoms with Crippen molar-refractivity contribution in [3.63, 3.8) is 0 Å². The van der Waals surface area contributed by atoms with Crippen LogP contribution in [0.2, 0.25) is 5.02 Å². The fraction of sp³-hybridized carbons (Fsp3) is 0.667. The highest BCUT2D eigenvalue weighted by Gasteiger charge is 2.35. The lowest BCUT2D eigenvalue weighted by molar-refractivity contribution is 0.172. The molecule has 0 aliphatic heterocycles. The maximum Gasteiger partial charge on any atom is 0.150 e. The molecule has 0 spiro atoms. The van der Waals surface area contributed by atoms with Crippen LogP contribution in [0.4, 0.5) is 11.6 Å². The summed E-state index contributed by atoms with van der Waals surface area (Å²) in [5, 5.41) is 3.72. The number of rotatable bonds is 4. The van der Waals surface area contributed by atoms with Crippen molar-refractivity contribution >= 4 is 23.2 Å². The van der Waals surface area contributed by atoms with Crippen molar-refractivity contribution in [3.05, 3.63) is 11.3 Å². The van der Waals surface area contributed by atoms with E-state index in [0.717, 1.165) is 6.54 Å². The van der Waals surface area contributed by atoms with Crippen LogP contribution in [0.5, 0.6) is 0 Å². The number of likely N-dealkylation sites (N-methyl/N-ethyl adjacent to an activating group) is 1. The smallest absolute Gasteiger partial charge is 0.150 e. The van der Waals surface area contributed by atoms with Gasteiger partial charge in [0.15, 0.2) is 5.82 Å². The van der Waals surface area contributed by atoms with Gasteiger partial charge in [-0.05, 0) is 26.9 Å². The fourth-order valence-electron chi connectivity index (χ4n) is 2.57. The maximum absolute atomic E-state index is 6.08. The van der Waals surface area contributed by atoms with E-state index in [0.29, 0.717) is 16.7 Å². The van der Waals surface area contributed by atoms with Gasteiger partial charge in [-0.15, -0.1) is 0 Å². The third kappa shape index (κ3) is 2.52. The molecule has 100 valence electrons. The SMILES string of the molecule is CN(C)C1(CNc2ncnc(N)c2Cl)CCCC1. The van der Waals surface area contributed by atoms with Gasteiger partial charge in [0.2, 0.25) is 0 Å². The number of hydrogen-bond donors (Lipinski definition) is 2. The first-order valence-electron chi connectivity index (χ1n) is 6.22. The Hall–Kier alpha value is -1.07. The molecular weight excluding hydrogens is 250 g/mol. The quantitative estimate of drug-likeness (QED) is 0.875. The zero-order chi connectivity index (χ0) is 13.2. The number of anilines is 2. The molecule has 0 aromatic carbocycles. The number of halogens is 1. The second kappa shape index (κ2) is 5.28. The van der Waals surface area contributed by atoms with Gasteiger partial charge in [-0.2, -0.15) is 0 Å². The number of nitrogens with two attached hydrogens (primary N) is 1. The summed E-state index contributed by atoms with van der Waals surface area (Å²) in [5.74, 6) is 0.941. The van der Waals surface area contributed by atoms with Crippen molar-refractivity contribution in [1.29, 1.82) is 0 Å². The normalized spacial score (nSPS) is 18.2. The molecule has 0 saturated heterocycles. The summed E-state index contributed by atoms with van der Waals surface area (Å²) in [6, 6.07) is 0. The van der Waals surface area contributed by atoms with E-state index in [1.54, 1.807) is 0 Å². The van der Waals surface area contributed by atoms with Crippen molar-refractivity contribution in [2.75, 3.05) is 31.7 Å². The van der Waals surface area contributed by atoms with Crippen molar-refractivity contribution in [3.8, 4) is 0 Å². The second-order valence-corrected chi connectivity index (χ2v) is 5.48. The Morgan fingerprint density at radius 2 is 2.06 bits per heavy atom. The molecule has 5 nitrogen and oxygen atoms in total. The average Bonchev–Trinajstić information content (AvgIpc) is 2.81. The fourth-order valence-corrected chi connectivity index (χ4v) is 2.73. The number of nitrogen functional groups attached to an aromatic ring is 1. The number of nitrogens with one attached hydrogen (secondary N) is 1. The molecule has 0 bridgehead atoms. The van der Waals surface area contributed by atoms with Crippen LogP contribution in [0.25, 0.3) is 0 Å². The molecule has 0 amide bonds. The molecule has 0 radical (unpaired) electrons. The zero-order valence-corrected chi connectivity index (χ0v) is 11.7. The predicted molar refractivity (Wildman–Crippen MR) is 74.8 cm³/mol. The lowest BCUT2D eigenvalue weighted by atomic mass is 9.96. The van der Waals surface area contributed by atoms with Crippen LogP contribution in [0.15, 0.2) is 6.33 Å². The van der Waals surface area contributed by atoms with Crippen LogP contribution in [0.3, 0.4) is 0 Å². The summed E-state index contributed by atoms with van der Waals surface area (Å²) in [4.78, 5) is 10.3. The highest BCUT2D eigenvalue weighted by Crippen LogP contribution is 2.34. The van der Waals surface area contributed by atoms with Gasteiger partial charge in [-0.25, -0.2) is 9.97 Å². The molecule has 1 aliphatic rings. The number of nitrogens with zero attached hydrogens (tertiary/aromatic N) is 3. The van der Waals surface area contributed by atoms with Crippen LogP contribution >= 0.6 is 11.6 Å². The van der Waals surface area contributed by atoms with E-state index in [1.807, 2.05) is 0 Å². The summed E-state index contributed by atoms with van der Waals surface area (Å²) in [7, 11) is 4.26. The van der Waals surface area contributed by atoms with Crippen LogP contribution < -0.4 is 11.1 Å². The molecule has 3 N–H and O–H groups in total. The first kappa shape index (κ1) is 13.4. The monoisotopic (exact) mass is 269 g/mol. The molecule has 1 aliphatic carbocycles. The average molecular weight is 270 g/mol. The van der Waals surface area contributed by atoms with Crippen molar-refractivity contribution < 1.29 is 0 Å². The molecule has 1 saturated carbocycles. The molecule has 18 heavy (non-hydrogen) atoms. The van der Waals surface area contributed by atoms with E-state index in [2.05, 4.69) is 34.3 Å². The Morgan fingerprint density at radius 1 is 1.39 bits per heavy atom. The van der Waals surface area contributed by atoms with Crippen LogP contribution in [0.1, 0.15) is 25.7 Å². The third-order valence-electron chi connectivity index (χ3n) is 3.88. The lowest BCUT2D eigenvalue weighted by Crippen LogP contribution is -2.47. The van der Waals surface area contributed by atoms with E-state index < -0.39 is 0 Å². The van der Waals surface area contributed by atoms with E-state index in [1.165, 1.54) is 32.0 Å². The van der Waals surface area contributed by atoms with Crippen LogP contribution in [-0.2, 0) is 0 Å². The molecule has 0 atom stereocenters. The van der Waals surface area contributed by atoms with Crippen LogP contribution in [-0.4, -0.2) is 41.0 Å². The van der Waals surface area contributed by atoms with Gasteiger partial charge in [0, 0.05) is 12.1 Å². The highest BCUT2D eigenvalue weighted by atomic mass is 35.5. The zero-order valence-electron chi connectivity index (χ0n) is 10.9. The van der Waals surface area contributed by atoms with Gasteiger partial charge < -0.3 is 16.0 Å². The topological polar surface area (TPSA) is 67.1 Å². The first-order valence-corrected chi connectivity index (χ1v) is 6.60. The van der Waals surface area contributed by atoms with E-state index in [9.17, 15) is 0 Å². The van der Waals surface area contributed by atoms with Crippen molar-refractivity contribution in [2.45, 2.75) is 31.2 Å². The third-order valence-corrected chi connectivity index (χ3v) is 4.26. The van der Waals surface area contributed by atoms with E-state index in [4.69, 9.17) is 17.3 Å². The molecule has 1 aromatic rings. The van der Waals surface area contributed by atoms with E-state index in [-0.39, 0.29) is 5.54 Å². The van der Waals surface area contributed by atoms with Crippen LogP contribution in [0, 0.1) is 0 Å². The molecule has 1 fully saturated rings. The Balaban J connectivity index is 2.08. The van der Waals surface area contributed by atoms with Gasteiger partial charge >= 0.3 is 0 Å². The molecule has 0 unspecified atom stereocenters. The minimum absolute atomic E-state index is 0.197. The van der Waals surface area contributed by atoms with Crippen molar-refractivity contribution in [2.24, 2.45) is 0 Å². The summed E-state index contributed by atoms with van der Waals surface area (Å²) < 4.78 is 0. The molecule has 6 heteroatoms. The highest BCUT2D eigenvalue weighted by molar-refractivity contribution is 6.35. The standard InChI is InChI=1S/C12H20ClN5/c1-18(2)12(5-3-4-6-12)7-15-11-9(13)10(14)16-8-17-11/h8H,3-7H2,1-2H3,(H3,14,15,16,17). The van der Waals surface area contributed by atoms with Gasteiger partial charge in [0.05, 0.1) is 0 Å². The minimum atomic E-state index is 0.197. The summed E-state index contributed by atoms with van der Waals surface area (Å²) in [6.07, 6.45) is 6.38. The summed E-state index contributed by atoms with van der Waals surface area (Å²) in [5.41, 5.74) is 5.86. The Kier molecular flexibility index (Phi) is 3.92. The Labute approximate surface area is 113 Å². The first-order chi connectivity index (χ1) is 8.55. The van der Waals surface area contributed by atoms with Gasteiger partial charge in [-0.1, -0.05) is 24.4 Å². The van der Waals surface area contributed by atoms with E-state index >= 15 is 0 Å². The minimum Gasteiger partial charge on any atom is -0.382 e. The van der Waals surface area contributed by atoms with Gasteiger partial charge in [0.25, 0.3) is 0 Å². The van der Waals surface area contributed by atoms with Gasteiger partial charge in [-0.3, -0.25) is 0 Å². The van der Waals surface area contributed by atoms with Gasteiger partial charge in [0.1, 0.15) is 17.2 Å². The molecule has 2 rings (SSSR count). The maximum atomic E-state index is 6.08. The molecular formula is C12H20ClN5. The van der Waals surface area contributed by atoms with Crippen molar-refractivity contribution in [1.82, 2.24) is 14.9 Å². The Morgan fingerprint density at radius 3 is 2.67 bits per heavy atom. The summed E-state index contributed by atoms with van der Waals surface area (Å²) in [6.45, 7) is 0.830. The number of hydrogen-bond acceptors (Lipinski definition) is 5. The second-order valence-electron chi connectivity index (χ2n) is 5.10. The Bertz CT molecular complexity index is 415. The predicted octanol–water partition coefficient (Wildman–Crippen LogP) is 2.00. The molecule has 1 heterocycles. The summed E-state index contributed by atoms with van der Waals surface area (Å²) >= 11 is 6.08.